The summed E-state index contributed by atoms with van der Waals surface area (Å²) in [5, 5.41) is 0. The van der Waals surface area contributed by atoms with E-state index in [0.29, 0.717) is 44.3 Å². The minimum atomic E-state index is -0.322. The van der Waals surface area contributed by atoms with Gasteiger partial charge in [-0.3, -0.25) is 18.7 Å². The van der Waals surface area contributed by atoms with Crippen LogP contribution in [0.2, 0.25) is 0 Å². The summed E-state index contributed by atoms with van der Waals surface area (Å²) in [6.45, 7) is 2.59. The lowest BCUT2D eigenvalue weighted by Gasteiger charge is -2.37. The molecule has 0 aromatic carbocycles. The average Bonchev–Trinajstić information content (AvgIpc) is 3.09. The molecule has 1 saturated heterocycles. The topological polar surface area (TPSA) is 67.5 Å². The average molecular weight is 334 g/mol. The monoisotopic (exact) mass is 334 g/mol. The van der Waals surface area contributed by atoms with Crippen molar-refractivity contribution in [1.29, 1.82) is 0 Å². The van der Waals surface area contributed by atoms with Gasteiger partial charge in [-0.1, -0.05) is 12.8 Å². The number of hydrogen-bond donors (Lipinski definition) is 0. The van der Waals surface area contributed by atoms with Crippen LogP contribution in [-0.2, 0) is 18.9 Å². The largest absolute Gasteiger partial charge is 0.354 e. The van der Waals surface area contributed by atoms with Crippen molar-refractivity contribution in [2.24, 2.45) is 20.0 Å². The minimum Gasteiger partial charge on any atom is -0.354 e. The first-order valence-electron chi connectivity index (χ1n) is 8.77. The van der Waals surface area contributed by atoms with E-state index in [1.165, 1.54) is 43.4 Å². The summed E-state index contributed by atoms with van der Waals surface area (Å²) in [5.41, 5.74) is -0.620. The van der Waals surface area contributed by atoms with E-state index in [1.807, 2.05) is 9.80 Å². The van der Waals surface area contributed by atoms with Crippen molar-refractivity contribution in [3.05, 3.63) is 26.9 Å². The quantitative estimate of drug-likeness (QED) is 0.798. The molecule has 0 bridgehead atoms. The molecule has 2 heterocycles. The Morgan fingerprint density at radius 3 is 2.29 bits per heavy atom. The Morgan fingerprint density at radius 1 is 1.04 bits per heavy atom. The molecule has 1 saturated carbocycles. The fourth-order valence-electron chi connectivity index (χ4n) is 3.80. The first-order valence-corrected chi connectivity index (χ1v) is 8.77. The molecule has 1 aliphatic carbocycles. The van der Waals surface area contributed by atoms with Crippen LogP contribution in [0.5, 0.6) is 0 Å². The molecule has 0 atom stereocenters. The number of nitrogens with zero attached hydrogens (tertiary/aromatic N) is 4. The Labute approximate surface area is 141 Å². The number of piperazine rings is 1. The van der Waals surface area contributed by atoms with Crippen LogP contribution < -0.4 is 16.1 Å². The molecule has 2 aliphatic rings. The highest BCUT2D eigenvalue weighted by molar-refractivity contribution is 5.76. The maximum absolute atomic E-state index is 12.4. The van der Waals surface area contributed by atoms with Gasteiger partial charge in [0.25, 0.3) is 5.56 Å². The van der Waals surface area contributed by atoms with E-state index in [4.69, 9.17) is 0 Å². The molecule has 1 aromatic heterocycles. The zero-order chi connectivity index (χ0) is 17.3. The highest BCUT2D eigenvalue weighted by Gasteiger charge is 2.26. The summed E-state index contributed by atoms with van der Waals surface area (Å²) in [6, 6.07) is 1.50. The lowest BCUT2D eigenvalue weighted by Crippen LogP contribution is -2.51. The molecule has 7 heteroatoms. The zero-order valence-corrected chi connectivity index (χ0v) is 14.5. The van der Waals surface area contributed by atoms with Gasteiger partial charge in [0, 0.05) is 52.8 Å². The molecule has 2 fully saturated rings. The number of carbonyl (C=O) groups excluding carboxylic acids is 1. The highest BCUT2D eigenvalue weighted by Crippen LogP contribution is 2.28. The van der Waals surface area contributed by atoms with Crippen molar-refractivity contribution in [3.63, 3.8) is 0 Å². The normalized spacial score (nSPS) is 19.1. The molecule has 132 valence electrons. The summed E-state index contributed by atoms with van der Waals surface area (Å²) in [6.07, 6.45) is 5.54. The smallest absolute Gasteiger partial charge is 0.332 e. The molecule has 0 spiro atoms. The van der Waals surface area contributed by atoms with Gasteiger partial charge in [0.15, 0.2) is 0 Å². The van der Waals surface area contributed by atoms with Crippen LogP contribution in [0.25, 0.3) is 0 Å². The van der Waals surface area contributed by atoms with Crippen LogP contribution in [-0.4, -0.2) is 46.1 Å². The molecule has 0 N–H and O–H groups in total. The minimum absolute atomic E-state index is 0.249. The van der Waals surface area contributed by atoms with Gasteiger partial charge in [0.2, 0.25) is 5.91 Å². The third-order valence-corrected chi connectivity index (χ3v) is 5.40. The van der Waals surface area contributed by atoms with Crippen molar-refractivity contribution in [3.8, 4) is 0 Å². The lowest BCUT2D eigenvalue weighted by molar-refractivity contribution is -0.132. The molecule has 1 aromatic rings. The van der Waals surface area contributed by atoms with Crippen LogP contribution in [0.1, 0.15) is 32.1 Å². The first-order chi connectivity index (χ1) is 11.5. The van der Waals surface area contributed by atoms with E-state index in [2.05, 4.69) is 0 Å². The highest BCUT2D eigenvalue weighted by atomic mass is 16.2. The van der Waals surface area contributed by atoms with Crippen LogP contribution >= 0.6 is 0 Å². The van der Waals surface area contributed by atoms with E-state index >= 15 is 0 Å². The van der Waals surface area contributed by atoms with Gasteiger partial charge < -0.3 is 9.80 Å². The summed E-state index contributed by atoms with van der Waals surface area (Å²) in [4.78, 5) is 40.3. The molecular weight excluding hydrogens is 308 g/mol. The van der Waals surface area contributed by atoms with Gasteiger partial charge in [-0.05, 0) is 18.8 Å². The van der Waals surface area contributed by atoms with Crippen LogP contribution in [0.15, 0.2) is 15.7 Å². The number of carbonyl (C=O) groups is 1. The third-order valence-electron chi connectivity index (χ3n) is 5.40. The molecule has 7 nitrogen and oxygen atoms in total. The van der Waals surface area contributed by atoms with Gasteiger partial charge in [0.1, 0.15) is 5.82 Å². The zero-order valence-electron chi connectivity index (χ0n) is 14.5. The molecular formula is C17H26N4O3. The molecule has 3 rings (SSSR count). The van der Waals surface area contributed by atoms with Gasteiger partial charge in [-0.25, -0.2) is 4.79 Å². The fourth-order valence-corrected chi connectivity index (χ4v) is 3.80. The second-order valence-electron chi connectivity index (χ2n) is 6.96. The SMILES string of the molecule is Cn1c(N2CCN(C(=O)CC3CCCC3)CC2)cc(=O)n(C)c1=O. The van der Waals surface area contributed by atoms with Crippen LogP contribution in [0.4, 0.5) is 5.82 Å². The number of rotatable bonds is 3. The van der Waals surface area contributed by atoms with Crippen LogP contribution in [0.3, 0.4) is 0 Å². The third kappa shape index (κ3) is 3.25. The summed E-state index contributed by atoms with van der Waals surface area (Å²) in [5.74, 6) is 1.44. The number of hydrogen-bond acceptors (Lipinski definition) is 4. The van der Waals surface area contributed by atoms with E-state index < -0.39 is 0 Å². The molecule has 1 aliphatic heterocycles. The van der Waals surface area contributed by atoms with Crippen LogP contribution in [0, 0.1) is 5.92 Å². The maximum Gasteiger partial charge on any atom is 0.332 e. The van der Waals surface area contributed by atoms with E-state index in [1.54, 1.807) is 7.05 Å². The Hall–Kier alpha value is -2.05. The fraction of sp³-hybridized carbons (Fsp3) is 0.706. The molecule has 24 heavy (non-hydrogen) atoms. The Morgan fingerprint density at radius 2 is 1.67 bits per heavy atom. The Kier molecular flexibility index (Phi) is 4.78. The summed E-state index contributed by atoms with van der Waals surface area (Å²) < 4.78 is 2.60. The Balaban J connectivity index is 1.64. The van der Waals surface area contributed by atoms with E-state index in [-0.39, 0.29) is 17.2 Å². The van der Waals surface area contributed by atoms with Crippen molar-refractivity contribution >= 4 is 11.7 Å². The van der Waals surface area contributed by atoms with Gasteiger partial charge in [-0.15, -0.1) is 0 Å². The second-order valence-corrected chi connectivity index (χ2v) is 6.96. The molecule has 1 amide bonds. The van der Waals surface area contributed by atoms with E-state index in [0.717, 1.165) is 4.57 Å². The summed E-state index contributed by atoms with van der Waals surface area (Å²) >= 11 is 0. The molecule has 0 radical (unpaired) electrons. The molecule has 0 unspecified atom stereocenters. The lowest BCUT2D eigenvalue weighted by atomic mass is 10.0. The predicted molar refractivity (Wildman–Crippen MR) is 92.3 cm³/mol. The number of anilines is 1. The number of aromatic nitrogens is 2. The number of amides is 1. The van der Waals surface area contributed by atoms with Gasteiger partial charge >= 0.3 is 5.69 Å². The van der Waals surface area contributed by atoms with Gasteiger partial charge in [0.05, 0.1) is 0 Å². The van der Waals surface area contributed by atoms with Gasteiger partial charge in [-0.2, -0.15) is 0 Å². The predicted octanol–water partition coefficient (Wildman–Crippen LogP) is 0.313. The maximum atomic E-state index is 12.4. The van der Waals surface area contributed by atoms with E-state index in [9.17, 15) is 14.4 Å². The van der Waals surface area contributed by atoms with Crippen molar-refractivity contribution in [2.75, 3.05) is 31.1 Å². The summed E-state index contributed by atoms with van der Waals surface area (Å²) in [7, 11) is 3.16. The Bertz CT molecular complexity index is 722. The van der Waals surface area contributed by atoms with Crippen molar-refractivity contribution < 1.29 is 4.79 Å². The standard InChI is InChI=1S/C17H26N4O3/c1-18-14(12-15(22)19(2)17(18)24)20-7-9-21(10-8-20)16(23)11-13-5-3-4-6-13/h12-13H,3-11H2,1-2H3. The second kappa shape index (κ2) is 6.83. The van der Waals surface area contributed by atoms with Crippen molar-refractivity contribution in [1.82, 2.24) is 14.0 Å². The van der Waals surface area contributed by atoms with Crippen molar-refractivity contribution in [2.45, 2.75) is 32.1 Å². The first kappa shape index (κ1) is 16.8.